The van der Waals surface area contributed by atoms with E-state index in [1.165, 1.54) is 0 Å². The second-order valence-corrected chi connectivity index (χ2v) is 6.28. The third-order valence-electron chi connectivity index (χ3n) is 3.64. The fraction of sp³-hybridized carbons (Fsp3) is 0.615. The van der Waals surface area contributed by atoms with Gasteiger partial charge < -0.3 is 14.8 Å². The molecule has 0 radical (unpaired) electrons. The topological polar surface area (TPSA) is 71.9 Å². The summed E-state index contributed by atoms with van der Waals surface area (Å²) in [6.07, 6.45) is 5.58. The van der Waals surface area contributed by atoms with Crippen LogP contribution in [-0.4, -0.2) is 59.8 Å². The van der Waals surface area contributed by atoms with Crippen LogP contribution in [0.25, 0.3) is 0 Å². The van der Waals surface area contributed by atoms with Gasteiger partial charge in [0.15, 0.2) is 0 Å². The lowest BCUT2D eigenvalue weighted by Gasteiger charge is -2.29. The van der Waals surface area contributed by atoms with Crippen LogP contribution in [0.4, 0.5) is 5.95 Å². The van der Waals surface area contributed by atoms with Gasteiger partial charge in [0, 0.05) is 29.2 Å². The molecule has 0 amide bonds. The molecule has 21 heavy (non-hydrogen) atoms. The number of hydrazone groups is 1. The molecule has 1 fully saturated rings. The number of aromatic nitrogens is 2. The van der Waals surface area contributed by atoms with Crippen LogP contribution >= 0.6 is 22.6 Å². The van der Waals surface area contributed by atoms with Crippen molar-refractivity contribution in [2.75, 3.05) is 32.2 Å². The van der Waals surface area contributed by atoms with E-state index in [9.17, 15) is 0 Å². The second-order valence-electron chi connectivity index (χ2n) is 5.03. The van der Waals surface area contributed by atoms with Gasteiger partial charge in [0.1, 0.15) is 6.04 Å². The van der Waals surface area contributed by atoms with E-state index in [1.54, 1.807) is 19.5 Å². The molecule has 2 aliphatic rings. The highest BCUT2D eigenvalue weighted by molar-refractivity contribution is 14.1. The summed E-state index contributed by atoms with van der Waals surface area (Å²) in [4.78, 5) is 8.54. The van der Waals surface area contributed by atoms with E-state index < -0.39 is 0 Å². The van der Waals surface area contributed by atoms with Crippen LogP contribution in [-0.2, 0) is 9.47 Å². The Balaban J connectivity index is 1.65. The predicted octanol–water partition coefficient (Wildman–Crippen LogP) is 1.32. The van der Waals surface area contributed by atoms with E-state index in [-0.39, 0.29) is 6.04 Å². The van der Waals surface area contributed by atoms with Crippen molar-refractivity contribution in [3.8, 4) is 0 Å². The van der Waals surface area contributed by atoms with Gasteiger partial charge in [-0.15, -0.1) is 5.10 Å². The molecule has 1 aromatic rings. The summed E-state index contributed by atoms with van der Waals surface area (Å²) in [6.45, 7) is 2.37. The molecule has 0 bridgehead atoms. The first-order valence-corrected chi connectivity index (χ1v) is 8.05. The Hall–Kier alpha value is -1.16. The quantitative estimate of drug-likeness (QED) is 0.768. The zero-order valence-electron chi connectivity index (χ0n) is 11.8. The Morgan fingerprint density at radius 3 is 2.71 bits per heavy atom. The summed E-state index contributed by atoms with van der Waals surface area (Å²) < 4.78 is 11.8. The van der Waals surface area contributed by atoms with E-state index in [2.05, 4.69) is 48.0 Å². The standard InChI is InChI=1S/C13H18IN5O2/c1-20-12-11(17-13-15-6-9(14)7-16-13)8-19(18-12)10-2-4-21-5-3-10/h6-7,10-11H,2-5,8H2,1H3,(H,15,16,17). The summed E-state index contributed by atoms with van der Waals surface area (Å²) in [5, 5.41) is 9.96. The molecule has 1 saturated heterocycles. The molecule has 114 valence electrons. The highest BCUT2D eigenvalue weighted by atomic mass is 127. The molecular formula is C13H18IN5O2. The van der Waals surface area contributed by atoms with Crippen molar-refractivity contribution >= 4 is 34.4 Å². The van der Waals surface area contributed by atoms with Gasteiger partial charge in [-0.1, -0.05) is 0 Å². The molecule has 0 spiro atoms. The summed E-state index contributed by atoms with van der Waals surface area (Å²) in [5.74, 6) is 1.28. The van der Waals surface area contributed by atoms with Gasteiger partial charge >= 0.3 is 0 Å². The van der Waals surface area contributed by atoms with Crippen LogP contribution in [0.3, 0.4) is 0 Å². The molecule has 0 aromatic carbocycles. The number of nitrogens with one attached hydrogen (secondary N) is 1. The predicted molar refractivity (Wildman–Crippen MR) is 87.2 cm³/mol. The first-order valence-electron chi connectivity index (χ1n) is 6.97. The normalized spacial score (nSPS) is 23.0. The van der Waals surface area contributed by atoms with Gasteiger partial charge in [-0.05, 0) is 35.4 Å². The Bertz CT molecular complexity index is 504. The molecule has 1 atom stereocenters. The van der Waals surface area contributed by atoms with Crippen LogP contribution in [0.5, 0.6) is 0 Å². The first-order chi connectivity index (χ1) is 10.3. The van der Waals surface area contributed by atoms with Gasteiger partial charge in [-0.25, -0.2) is 9.97 Å². The SMILES string of the molecule is COC1=NN(C2CCOCC2)CC1Nc1ncc(I)cn1. The highest BCUT2D eigenvalue weighted by Gasteiger charge is 2.33. The van der Waals surface area contributed by atoms with Gasteiger partial charge in [-0.3, -0.25) is 5.01 Å². The van der Waals surface area contributed by atoms with Crippen molar-refractivity contribution in [3.05, 3.63) is 16.0 Å². The maximum Gasteiger partial charge on any atom is 0.230 e. The molecule has 3 rings (SSSR count). The molecule has 1 unspecified atom stereocenters. The molecule has 3 heterocycles. The number of nitrogens with zero attached hydrogens (tertiary/aromatic N) is 4. The van der Waals surface area contributed by atoms with Crippen LogP contribution in [0.1, 0.15) is 12.8 Å². The van der Waals surface area contributed by atoms with Crippen molar-refractivity contribution in [2.45, 2.75) is 24.9 Å². The zero-order chi connectivity index (χ0) is 14.7. The van der Waals surface area contributed by atoms with E-state index in [0.29, 0.717) is 17.9 Å². The average Bonchev–Trinajstić information content (AvgIpc) is 2.93. The van der Waals surface area contributed by atoms with Gasteiger partial charge in [0.2, 0.25) is 11.8 Å². The molecule has 1 aromatic heterocycles. The monoisotopic (exact) mass is 403 g/mol. The van der Waals surface area contributed by atoms with E-state index in [4.69, 9.17) is 9.47 Å². The molecule has 8 heteroatoms. The first kappa shape index (κ1) is 14.8. The van der Waals surface area contributed by atoms with Gasteiger partial charge in [0.05, 0.1) is 19.7 Å². The molecule has 0 aliphatic carbocycles. The smallest absolute Gasteiger partial charge is 0.230 e. The Labute approximate surface area is 137 Å². The number of rotatable bonds is 3. The third kappa shape index (κ3) is 3.54. The lowest BCUT2D eigenvalue weighted by Crippen LogP contribution is -2.39. The van der Waals surface area contributed by atoms with Crippen LogP contribution in [0.15, 0.2) is 17.5 Å². The molecule has 2 aliphatic heterocycles. The summed E-state index contributed by atoms with van der Waals surface area (Å²) >= 11 is 2.18. The number of ether oxygens (including phenoxy) is 2. The maximum absolute atomic E-state index is 5.40. The Kier molecular flexibility index (Phi) is 4.73. The number of halogens is 1. The van der Waals surface area contributed by atoms with E-state index in [1.807, 2.05) is 0 Å². The second kappa shape index (κ2) is 6.73. The molecular weight excluding hydrogens is 385 g/mol. The third-order valence-corrected chi connectivity index (χ3v) is 4.20. The molecule has 0 saturated carbocycles. The largest absolute Gasteiger partial charge is 0.482 e. The average molecular weight is 403 g/mol. The fourth-order valence-corrected chi connectivity index (χ4v) is 2.83. The molecule has 7 nitrogen and oxygen atoms in total. The maximum atomic E-state index is 5.40. The zero-order valence-corrected chi connectivity index (χ0v) is 14.0. The van der Waals surface area contributed by atoms with Crippen LogP contribution in [0, 0.1) is 3.57 Å². The van der Waals surface area contributed by atoms with Crippen molar-refractivity contribution in [2.24, 2.45) is 5.10 Å². The van der Waals surface area contributed by atoms with Crippen molar-refractivity contribution < 1.29 is 9.47 Å². The van der Waals surface area contributed by atoms with Gasteiger partial charge in [0.25, 0.3) is 0 Å². The Morgan fingerprint density at radius 2 is 2.05 bits per heavy atom. The number of anilines is 1. The van der Waals surface area contributed by atoms with Crippen molar-refractivity contribution in [3.63, 3.8) is 0 Å². The summed E-state index contributed by atoms with van der Waals surface area (Å²) in [6, 6.07) is 0.409. The highest BCUT2D eigenvalue weighted by Crippen LogP contribution is 2.21. The Morgan fingerprint density at radius 1 is 1.33 bits per heavy atom. The summed E-state index contributed by atoms with van der Waals surface area (Å²) in [5.41, 5.74) is 0. The van der Waals surface area contributed by atoms with Crippen LogP contribution < -0.4 is 5.32 Å². The minimum atomic E-state index is -0.0158. The van der Waals surface area contributed by atoms with Crippen molar-refractivity contribution in [1.82, 2.24) is 15.0 Å². The lowest BCUT2D eigenvalue weighted by molar-refractivity contribution is 0.0383. The molecule has 1 N–H and O–H groups in total. The van der Waals surface area contributed by atoms with E-state index >= 15 is 0 Å². The minimum absolute atomic E-state index is 0.0158. The fourth-order valence-electron chi connectivity index (χ4n) is 2.55. The number of hydrogen-bond donors (Lipinski definition) is 1. The van der Waals surface area contributed by atoms with E-state index in [0.717, 1.165) is 36.2 Å². The summed E-state index contributed by atoms with van der Waals surface area (Å²) in [7, 11) is 1.65. The van der Waals surface area contributed by atoms with Crippen molar-refractivity contribution in [1.29, 1.82) is 0 Å². The lowest BCUT2D eigenvalue weighted by atomic mass is 10.1. The minimum Gasteiger partial charge on any atom is -0.482 e. The van der Waals surface area contributed by atoms with Gasteiger partial charge in [-0.2, -0.15) is 0 Å². The van der Waals surface area contributed by atoms with Crippen LogP contribution in [0.2, 0.25) is 0 Å². The number of hydrogen-bond acceptors (Lipinski definition) is 7. The number of methoxy groups -OCH3 is 1.